The number of thiophene rings is 1. The van der Waals surface area contributed by atoms with Crippen molar-refractivity contribution in [1.82, 2.24) is 4.57 Å². The number of nitrogens with zero attached hydrogens (tertiary/aromatic N) is 2. The maximum Gasteiger partial charge on any atom is 0.294 e. The summed E-state index contributed by atoms with van der Waals surface area (Å²) in [5.74, 6) is 0. The van der Waals surface area contributed by atoms with E-state index in [-0.39, 0.29) is 4.21 Å². The standard InChI is InChI=1S/C16H12N2O2S3/c1-18-15-12-6-3-2-5-11(12)8-9-13(15)22-16(18)17-23(19,20)14-7-4-10-21-14/h2-10H,1H3. The number of aromatic nitrogens is 1. The largest absolute Gasteiger partial charge is 0.318 e. The number of thiazole rings is 1. The van der Waals surface area contributed by atoms with E-state index < -0.39 is 10.0 Å². The second kappa shape index (κ2) is 5.30. The van der Waals surface area contributed by atoms with Gasteiger partial charge in [0.2, 0.25) is 4.80 Å². The molecule has 0 aliphatic heterocycles. The van der Waals surface area contributed by atoms with Crippen LogP contribution in [0.1, 0.15) is 0 Å². The lowest BCUT2D eigenvalue weighted by Crippen LogP contribution is -2.13. The molecule has 0 bridgehead atoms. The molecule has 4 aromatic rings. The second-order valence-electron chi connectivity index (χ2n) is 5.08. The van der Waals surface area contributed by atoms with Crippen LogP contribution < -0.4 is 4.80 Å². The zero-order chi connectivity index (χ0) is 16.0. The molecule has 0 aliphatic rings. The first kappa shape index (κ1) is 14.6. The lowest BCUT2D eigenvalue weighted by Gasteiger charge is -2.01. The van der Waals surface area contributed by atoms with Gasteiger partial charge in [0.1, 0.15) is 4.21 Å². The number of rotatable bonds is 2. The Morgan fingerprint density at radius 1 is 1.04 bits per heavy atom. The molecule has 0 unspecified atom stereocenters. The van der Waals surface area contributed by atoms with Crippen molar-refractivity contribution in [2.75, 3.05) is 0 Å². The Morgan fingerprint density at radius 3 is 2.65 bits per heavy atom. The molecule has 0 radical (unpaired) electrons. The van der Waals surface area contributed by atoms with Gasteiger partial charge in [-0.2, -0.15) is 8.42 Å². The van der Waals surface area contributed by atoms with Crippen molar-refractivity contribution in [2.24, 2.45) is 11.4 Å². The van der Waals surface area contributed by atoms with Gasteiger partial charge < -0.3 is 4.57 Å². The van der Waals surface area contributed by atoms with Crippen molar-refractivity contribution in [3.05, 3.63) is 58.7 Å². The van der Waals surface area contributed by atoms with Crippen molar-refractivity contribution < 1.29 is 8.42 Å². The molecule has 0 saturated heterocycles. The summed E-state index contributed by atoms with van der Waals surface area (Å²) in [6.07, 6.45) is 0. The molecule has 7 heteroatoms. The van der Waals surface area contributed by atoms with Crippen LogP contribution in [-0.2, 0) is 17.1 Å². The number of fused-ring (bicyclic) bond motifs is 3. The zero-order valence-corrected chi connectivity index (χ0v) is 14.6. The Balaban J connectivity index is 2.04. The molecular formula is C16H12N2O2S3. The van der Waals surface area contributed by atoms with Crippen LogP contribution in [0.5, 0.6) is 0 Å². The average Bonchev–Trinajstić information content (AvgIpc) is 3.17. The molecule has 4 rings (SSSR count). The Hall–Kier alpha value is -1.96. The van der Waals surface area contributed by atoms with Gasteiger partial charge in [0.05, 0.1) is 10.2 Å². The van der Waals surface area contributed by atoms with E-state index in [0.29, 0.717) is 4.80 Å². The maximum absolute atomic E-state index is 12.4. The third-order valence-electron chi connectivity index (χ3n) is 3.63. The molecule has 0 N–H and O–H groups in total. The molecule has 0 spiro atoms. The van der Waals surface area contributed by atoms with Crippen LogP contribution in [0.15, 0.2) is 62.5 Å². The molecular weight excluding hydrogens is 348 g/mol. The fourth-order valence-corrected chi connectivity index (χ4v) is 5.79. The lowest BCUT2D eigenvalue weighted by atomic mass is 10.1. The number of hydrogen-bond acceptors (Lipinski definition) is 4. The minimum Gasteiger partial charge on any atom is -0.318 e. The first-order chi connectivity index (χ1) is 11.1. The van der Waals surface area contributed by atoms with E-state index in [2.05, 4.69) is 4.40 Å². The molecule has 2 aromatic heterocycles. The summed E-state index contributed by atoms with van der Waals surface area (Å²) in [5, 5.41) is 3.96. The van der Waals surface area contributed by atoms with Crippen LogP contribution in [0.25, 0.3) is 21.0 Å². The molecule has 0 amide bonds. The average molecular weight is 360 g/mol. The molecule has 116 valence electrons. The fourth-order valence-electron chi connectivity index (χ4n) is 2.56. The van der Waals surface area contributed by atoms with Gasteiger partial charge in [-0.15, -0.1) is 15.7 Å². The van der Waals surface area contributed by atoms with Gasteiger partial charge >= 0.3 is 0 Å². The Bertz CT molecular complexity index is 1180. The molecule has 0 aliphatic carbocycles. The number of hydrogen-bond donors (Lipinski definition) is 0. The van der Waals surface area contributed by atoms with Crippen molar-refractivity contribution in [3.8, 4) is 0 Å². The van der Waals surface area contributed by atoms with Crippen molar-refractivity contribution in [1.29, 1.82) is 0 Å². The number of benzene rings is 2. The second-order valence-corrected chi connectivity index (χ2v) is 8.86. The van der Waals surface area contributed by atoms with E-state index in [1.807, 2.05) is 48.0 Å². The summed E-state index contributed by atoms with van der Waals surface area (Å²) in [4.78, 5) is 0.477. The van der Waals surface area contributed by atoms with Crippen LogP contribution in [-0.4, -0.2) is 13.0 Å². The van der Waals surface area contributed by atoms with Crippen molar-refractivity contribution >= 4 is 53.7 Å². The zero-order valence-electron chi connectivity index (χ0n) is 12.1. The van der Waals surface area contributed by atoms with Gasteiger partial charge in [-0.1, -0.05) is 47.7 Å². The van der Waals surface area contributed by atoms with E-state index in [1.165, 1.54) is 22.7 Å². The Morgan fingerprint density at radius 2 is 1.87 bits per heavy atom. The van der Waals surface area contributed by atoms with Crippen molar-refractivity contribution in [3.63, 3.8) is 0 Å². The van der Waals surface area contributed by atoms with Crippen LogP contribution >= 0.6 is 22.7 Å². The third kappa shape index (κ3) is 2.41. The van der Waals surface area contributed by atoms with E-state index >= 15 is 0 Å². The smallest absolute Gasteiger partial charge is 0.294 e. The molecule has 0 fully saturated rings. The van der Waals surface area contributed by atoms with E-state index in [9.17, 15) is 8.42 Å². The minimum absolute atomic E-state index is 0.264. The van der Waals surface area contributed by atoms with E-state index in [0.717, 1.165) is 21.0 Å². The molecule has 2 aromatic carbocycles. The quantitative estimate of drug-likeness (QED) is 0.547. The maximum atomic E-state index is 12.4. The van der Waals surface area contributed by atoms with E-state index in [1.54, 1.807) is 17.5 Å². The molecule has 23 heavy (non-hydrogen) atoms. The van der Waals surface area contributed by atoms with Gasteiger partial charge in [0, 0.05) is 12.4 Å². The highest BCUT2D eigenvalue weighted by atomic mass is 32.2. The van der Waals surface area contributed by atoms with Crippen LogP contribution in [0.2, 0.25) is 0 Å². The third-order valence-corrected chi connectivity index (χ3v) is 7.49. The van der Waals surface area contributed by atoms with Gasteiger partial charge in [-0.25, -0.2) is 0 Å². The summed E-state index contributed by atoms with van der Waals surface area (Å²) in [6, 6.07) is 15.4. The van der Waals surface area contributed by atoms with Crippen LogP contribution in [0.4, 0.5) is 0 Å². The van der Waals surface area contributed by atoms with Gasteiger partial charge in [0.15, 0.2) is 0 Å². The fraction of sp³-hybridized carbons (Fsp3) is 0.0625. The van der Waals surface area contributed by atoms with Gasteiger partial charge in [0.25, 0.3) is 10.0 Å². The topological polar surface area (TPSA) is 51.4 Å². The van der Waals surface area contributed by atoms with Crippen LogP contribution in [0.3, 0.4) is 0 Å². The lowest BCUT2D eigenvalue weighted by molar-refractivity contribution is 0.598. The SMILES string of the molecule is Cn1c(=NS(=O)(=O)c2cccs2)sc2ccc3ccccc3c21. The minimum atomic E-state index is -3.66. The summed E-state index contributed by atoms with van der Waals surface area (Å²) < 4.78 is 32.0. The molecule has 4 nitrogen and oxygen atoms in total. The van der Waals surface area contributed by atoms with Crippen LogP contribution in [0, 0.1) is 0 Å². The monoisotopic (exact) mass is 360 g/mol. The summed E-state index contributed by atoms with van der Waals surface area (Å²) >= 11 is 2.56. The summed E-state index contributed by atoms with van der Waals surface area (Å²) in [7, 11) is -1.81. The van der Waals surface area contributed by atoms with Crippen molar-refractivity contribution in [2.45, 2.75) is 4.21 Å². The first-order valence-corrected chi connectivity index (χ1v) is 10.0. The number of aryl methyl sites for hydroxylation is 1. The highest BCUT2D eigenvalue weighted by Crippen LogP contribution is 2.27. The highest BCUT2D eigenvalue weighted by Gasteiger charge is 2.15. The molecule has 0 saturated carbocycles. The highest BCUT2D eigenvalue weighted by molar-refractivity contribution is 7.92. The Kier molecular flexibility index (Phi) is 3.37. The summed E-state index contributed by atoms with van der Waals surface area (Å²) in [5.41, 5.74) is 1.01. The molecule has 0 atom stereocenters. The molecule has 2 heterocycles. The van der Waals surface area contributed by atoms with Gasteiger partial charge in [-0.3, -0.25) is 0 Å². The Labute approximate surface area is 141 Å². The predicted octanol–water partition coefficient (Wildman–Crippen LogP) is 3.74. The van der Waals surface area contributed by atoms with Gasteiger partial charge in [-0.05, 0) is 22.9 Å². The predicted molar refractivity (Wildman–Crippen MR) is 95.4 cm³/mol. The van der Waals surface area contributed by atoms with E-state index in [4.69, 9.17) is 0 Å². The number of sulfonamides is 1. The summed E-state index contributed by atoms with van der Waals surface area (Å²) in [6.45, 7) is 0. The first-order valence-electron chi connectivity index (χ1n) is 6.88. The normalized spacial score (nSPS) is 13.2.